The third-order valence-corrected chi connectivity index (χ3v) is 4.42. The summed E-state index contributed by atoms with van der Waals surface area (Å²) in [5.74, 6) is 1.27. The number of benzene rings is 1. The first kappa shape index (κ1) is 23.0. The zero-order chi connectivity index (χ0) is 20.7. The first-order valence-electron chi connectivity index (χ1n) is 10.4. The summed E-state index contributed by atoms with van der Waals surface area (Å²) in [6.45, 7) is 6.76. The first-order valence-corrected chi connectivity index (χ1v) is 10.4. The number of hydrogen-bond donors (Lipinski definition) is 3. The molecular formula is C21H34N4O4. The predicted octanol–water partition coefficient (Wildman–Crippen LogP) is 1.57. The van der Waals surface area contributed by atoms with Gasteiger partial charge in [-0.25, -0.2) is 0 Å². The molecule has 1 aliphatic heterocycles. The maximum atomic E-state index is 12.2. The number of rotatable bonds is 12. The number of nitrogens with one attached hydrogen (secondary N) is 3. The fourth-order valence-electron chi connectivity index (χ4n) is 2.91. The van der Waals surface area contributed by atoms with Crippen molar-refractivity contribution in [2.75, 3.05) is 53.1 Å². The average Bonchev–Trinajstić information content (AvgIpc) is 3.26. The van der Waals surface area contributed by atoms with Crippen LogP contribution in [0.2, 0.25) is 0 Å². The van der Waals surface area contributed by atoms with Crippen molar-refractivity contribution >= 4 is 11.9 Å². The van der Waals surface area contributed by atoms with E-state index in [-0.39, 0.29) is 12.0 Å². The molecule has 1 fully saturated rings. The van der Waals surface area contributed by atoms with Crippen molar-refractivity contribution in [1.29, 1.82) is 0 Å². The van der Waals surface area contributed by atoms with Gasteiger partial charge in [0, 0.05) is 45.0 Å². The lowest BCUT2D eigenvalue weighted by Crippen LogP contribution is -2.41. The molecule has 1 aromatic rings. The fraction of sp³-hybridized carbons (Fsp3) is 0.619. The Balaban J connectivity index is 1.60. The van der Waals surface area contributed by atoms with Crippen molar-refractivity contribution in [3.05, 3.63) is 29.8 Å². The second-order valence-corrected chi connectivity index (χ2v) is 6.74. The summed E-state index contributed by atoms with van der Waals surface area (Å²) >= 11 is 0. The molecule has 8 heteroatoms. The minimum absolute atomic E-state index is 0.129. The standard InChI is InChI=1S/C21H34N4O4/c1-3-22-21(24-10-6-13-28-16-19-9-5-14-29-19)25-12-11-23-20(26)17-7-4-8-18(15-17)27-2/h4,7-8,15,19H,3,5-6,9-14,16H2,1-2H3,(H,23,26)(H2,22,24,25). The van der Waals surface area contributed by atoms with Gasteiger partial charge in [-0.05, 0) is 44.4 Å². The summed E-state index contributed by atoms with van der Waals surface area (Å²) in [4.78, 5) is 16.7. The number of carbonyl (C=O) groups is 1. The van der Waals surface area contributed by atoms with E-state index in [1.54, 1.807) is 25.3 Å². The molecule has 0 spiro atoms. The summed E-state index contributed by atoms with van der Waals surface area (Å²) in [6.07, 6.45) is 3.36. The Labute approximate surface area is 173 Å². The van der Waals surface area contributed by atoms with Gasteiger partial charge in [0.25, 0.3) is 5.91 Å². The van der Waals surface area contributed by atoms with E-state index in [9.17, 15) is 4.79 Å². The van der Waals surface area contributed by atoms with Gasteiger partial charge in [0.1, 0.15) is 5.75 Å². The molecule has 162 valence electrons. The number of ether oxygens (including phenoxy) is 3. The minimum Gasteiger partial charge on any atom is -0.497 e. The Morgan fingerprint density at radius 1 is 1.28 bits per heavy atom. The minimum atomic E-state index is -0.129. The molecule has 1 unspecified atom stereocenters. The zero-order valence-corrected chi connectivity index (χ0v) is 17.5. The third kappa shape index (κ3) is 9.15. The molecule has 29 heavy (non-hydrogen) atoms. The Kier molecular flexibility index (Phi) is 10.9. The van der Waals surface area contributed by atoms with Crippen molar-refractivity contribution in [3.8, 4) is 5.75 Å². The van der Waals surface area contributed by atoms with Crippen molar-refractivity contribution in [2.45, 2.75) is 32.3 Å². The topological polar surface area (TPSA) is 93.2 Å². The van der Waals surface area contributed by atoms with Gasteiger partial charge in [-0.3, -0.25) is 9.79 Å². The molecule has 0 aliphatic carbocycles. The SMILES string of the molecule is CCNC(=NCCCOCC1CCCO1)NCCNC(=O)c1cccc(OC)c1. The van der Waals surface area contributed by atoms with E-state index >= 15 is 0 Å². The molecule has 1 aromatic carbocycles. The molecule has 0 saturated carbocycles. The van der Waals surface area contributed by atoms with Gasteiger partial charge in [0.2, 0.25) is 0 Å². The van der Waals surface area contributed by atoms with Crippen LogP contribution in [0.15, 0.2) is 29.3 Å². The van der Waals surface area contributed by atoms with Crippen LogP contribution in [0, 0.1) is 0 Å². The van der Waals surface area contributed by atoms with Crippen molar-refractivity contribution < 1.29 is 19.0 Å². The first-order chi connectivity index (χ1) is 14.2. The molecule has 1 heterocycles. The molecule has 8 nitrogen and oxygen atoms in total. The predicted molar refractivity (Wildman–Crippen MR) is 114 cm³/mol. The highest BCUT2D eigenvalue weighted by atomic mass is 16.5. The summed E-state index contributed by atoms with van der Waals surface area (Å²) in [7, 11) is 1.58. The molecule has 1 amide bonds. The molecule has 0 radical (unpaired) electrons. The highest BCUT2D eigenvalue weighted by Crippen LogP contribution is 2.12. The quantitative estimate of drug-likeness (QED) is 0.277. The Morgan fingerprint density at radius 2 is 2.14 bits per heavy atom. The van der Waals surface area contributed by atoms with Gasteiger partial charge in [-0.2, -0.15) is 0 Å². The number of carbonyl (C=O) groups excluding carboxylic acids is 1. The van der Waals surface area contributed by atoms with E-state index in [4.69, 9.17) is 14.2 Å². The van der Waals surface area contributed by atoms with E-state index in [0.717, 1.165) is 38.4 Å². The number of hydrogen-bond acceptors (Lipinski definition) is 5. The Morgan fingerprint density at radius 3 is 2.90 bits per heavy atom. The van der Waals surface area contributed by atoms with Gasteiger partial charge in [-0.15, -0.1) is 0 Å². The summed E-state index contributed by atoms with van der Waals surface area (Å²) in [5, 5.41) is 9.31. The second kappa shape index (κ2) is 13.8. The van der Waals surface area contributed by atoms with Crippen LogP contribution in [0.25, 0.3) is 0 Å². The van der Waals surface area contributed by atoms with Gasteiger partial charge in [0.05, 0.1) is 19.8 Å². The Bertz CT molecular complexity index is 633. The number of guanidine groups is 1. The van der Waals surface area contributed by atoms with Gasteiger partial charge in [0.15, 0.2) is 5.96 Å². The van der Waals surface area contributed by atoms with Crippen LogP contribution < -0.4 is 20.7 Å². The van der Waals surface area contributed by atoms with Crippen LogP contribution in [0.4, 0.5) is 0 Å². The summed E-state index contributed by atoms with van der Waals surface area (Å²) in [6, 6.07) is 7.09. The van der Waals surface area contributed by atoms with Crippen LogP contribution in [0.5, 0.6) is 5.75 Å². The molecule has 2 rings (SSSR count). The number of amides is 1. The maximum absolute atomic E-state index is 12.2. The largest absolute Gasteiger partial charge is 0.497 e. The lowest BCUT2D eigenvalue weighted by Gasteiger charge is -2.12. The van der Waals surface area contributed by atoms with E-state index < -0.39 is 0 Å². The molecule has 1 saturated heterocycles. The van der Waals surface area contributed by atoms with Crippen molar-refractivity contribution in [3.63, 3.8) is 0 Å². The van der Waals surface area contributed by atoms with Crippen molar-refractivity contribution in [1.82, 2.24) is 16.0 Å². The van der Waals surface area contributed by atoms with Crippen LogP contribution in [0.1, 0.15) is 36.5 Å². The van der Waals surface area contributed by atoms with E-state index in [0.29, 0.717) is 44.2 Å². The molecule has 1 aliphatic rings. The molecule has 0 bridgehead atoms. The zero-order valence-electron chi connectivity index (χ0n) is 17.5. The van der Waals surface area contributed by atoms with Crippen molar-refractivity contribution in [2.24, 2.45) is 4.99 Å². The smallest absolute Gasteiger partial charge is 0.251 e. The molecular weight excluding hydrogens is 372 g/mol. The number of aliphatic imine (C=N–C) groups is 1. The number of methoxy groups -OCH3 is 1. The van der Waals surface area contributed by atoms with Crippen LogP contribution >= 0.6 is 0 Å². The summed E-state index contributed by atoms with van der Waals surface area (Å²) < 4.78 is 16.3. The highest BCUT2D eigenvalue weighted by Gasteiger charge is 2.14. The maximum Gasteiger partial charge on any atom is 0.251 e. The Hall–Kier alpha value is -2.32. The van der Waals surface area contributed by atoms with Crippen LogP contribution in [-0.2, 0) is 9.47 Å². The van der Waals surface area contributed by atoms with Crippen LogP contribution in [0.3, 0.4) is 0 Å². The van der Waals surface area contributed by atoms with Gasteiger partial charge >= 0.3 is 0 Å². The lowest BCUT2D eigenvalue weighted by molar-refractivity contribution is 0.0171. The lowest BCUT2D eigenvalue weighted by atomic mass is 10.2. The molecule has 3 N–H and O–H groups in total. The molecule has 0 aromatic heterocycles. The van der Waals surface area contributed by atoms with E-state index in [1.165, 1.54) is 0 Å². The number of nitrogens with zero attached hydrogens (tertiary/aromatic N) is 1. The monoisotopic (exact) mass is 406 g/mol. The van der Waals surface area contributed by atoms with E-state index in [1.807, 2.05) is 13.0 Å². The second-order valence-electron chi connectivity index (χ2n) is 6.74. The fourth-order valence-corrected chi connectivity index (χ4v) is 2.91. The average molecular weight is 407 g/mol. The third-order valence-electron chi connectivity index (χ3n) is 4.42. The summed E-state index contributed by atoms with van der Waals surface area (Å²) in [5.41, 5.74) is 0.577. The molecule has 1 atom stereocenters. The van der Waals surface area contributed by atoms with Crippen LogP contribution in [-0.4, -0.2) is 71.1 Å². The normalized spacial score (nSPS) is 16.5. The highest BCUT2D eigenvalue weighted by molar-refractivity contribution is 5.94. The van der Waals surface area contributed by atoms with Gasteiger partial charge < -0.3 is 30.2 Å². The van der Waals surface area contributed by atoms with E-state index in [2.05, 4.69) is 20.9 Å². The van der Waals surface area contributed by atoms with Gasteiger partial charge in [-0.1, -0.05) is 6.07 Å².